The summed E-state index contributed by atoms with van der Waals surface area (Å²) in [6.07, 6.45) is 7.61. The van der Waals surface area contributed by atoms with Gasteiger partial charge in [-0.2, -0.15) is 9.97 Å². The number of hydrogen-bond donors (Lipinski definition) is 2. The highest BCUT2D eigenvalue weighted by Gasteiger charge is 2.55. The van der Waals surface area contributed by atoms with Crippen LogP contribution in [0.25, 0.3) is 32.8 Å². The molecule has 11 heteroatoms. The molecule has 0 spiro atoms. The highest BCUT2D eigenvalue weighted by atomic mass is 19.1. The van der Waals surface area contributed by atoms with E-state index in [1.54, 1.807) is 25.3 Å². The van der Waals surface area contributed by atoms with Gasteiger partial charge < -0.3 is 24.8 Å². The molecule has 5 atom stereocenters. The van der Waals surface area contributed by atoms with Crippen LogP contribution in [-0.4, -0.2) is 88.8 Å². The van der Waals surface area contributed by atoms with Gasteiger partial charge in [0, 0.05) is 60.6 Å². The molecule has 0 amide bonds. The van der Waals surface area contributed by atoms with Gasteiger partial charge in [-0.15, -0.1) is 6.42 Å². The largest absolute Gasteiger partial charge is 0.508 e. The fourth-order valence-electron chi connectivity index (χ4n) is 9.16. The number of terminal acetylenes is 1. The minimum atomic E-state index is -0.943. The third kappa shape index (κ3) is 4.79. The second-order valence-electron chi connectivity index (χ2n) is 14.6. The van der Waals surface area contributed by atoms with Crippen LogP contribution in [0.2, 0.25) is 0 Å². The molecule has 48 heavy (non-hydrogen) atoms. The molecule has 4 saturated heterocycles. The lowest BCUT2D eigenvalue weighted by molar-refractivity contribution is 0.0575. The maximum atomic E-state index is 17.0. The zero-order valence-corrected chi connectivity index (χ0v) is 27.2. The summed E-state index contributed by atoms with van der Waals surface area (Å²) in [5.41, 5.74) is -1.22. The summed E-state index contributed by atoms with van der Waals surface area (Å²) in [5, 5.41) is 15.5. The van der Waals surface area contributed by atoms with Crippen molar-refractivity contribution in [2.45, 2.75) is 68.4 Å². The van der Waals surface area contributed by atoms with Crippen LogP contribution in [0.3, 0.4) is 0 Å². The molecule has 250 valence electrons. The molecule has 4 aliphatic rings. The number of phenols is 1. The van der Waals surface area contributed by atoms with E-state index in [2.05, 4.69) is 35.0 Å². The molecular weight excluding hydrogens is 619 g/mol. The van der Waals surface area contributed by atoms with Crippen molar-refractivity contribution in [2.75, 3.05) is 44.8 Å². The van der Waals surface area contributed by atoms with E-state index in [1.807, 2.05) is 4.90 Å². The molecule has 4 aromatic rings. The minimum absolute atomic E-state index is 0.0629. The van der Waals surface area contributed by atoms with Crippen LogP contribution in [-0.2, 0) is 4.74 Å². The lowest BCUT2D eigenvalue weighted by atomic mass is 9.92. The Balaban J connectivity index is 1.31. The molecule has 2 N–H and O–H groups in total. The molecule has 0 radical (unpaired) electrons. The Bertz CT molecular complexity index is 2020. The zero-order valence-electron chi connectivity index (χ0n) is 27.2. The Morgan fingerprint density at radius 3 is 2.77 bits per heavy atom. The molecule has 3 aromatic carbocycles. The van der Waals surface area contributed by atoms with E-state index in [9.17, 15) is 9.50 Å². The Morgan fingerprint density at radius 2 is 1.98 bits per heavy atom. The molecule has 4 aliphatic heterocycles. The standard InChI is InChI=1S/C37H38F3N5O3/c1-5-21-8-6-9-22-12-24(46)13-25(29(21)22)30-27(39)14-26-32(31(30)40)41-34(48-20-37-10-7-11-45(37)17-23(38)15-37)42-33(26)44-18-35(2)16-28(47-4)36(3,19-44)43-35/h1,6,8-9,12-14,23,28,43,46H,7,10-11,15-20H2,2-4H3/t23-,28?,35-,36-,37+/m1/s1. The first kappa shape index (κ1) is 31.2. The summed E-state index contributed by atoms with van der Waals surface area (Å²) in [6, 6.07) is 9.16. The monoisotopic (exact) mass is 657 g/mol. The molecule has 1 aromatic heterocycles. The third-order valence-electron chi connectivity index (χ3n) is 11.0. The number of phenolic OH excluding ortho intramolecular Hbond substituents is 1. The topological polar surface area (TPSA) is 83.0 Å². The molecule has 0 saturated carbocycles. The van der Waals surface area contributed by atoms with E-state index < -0.39 is 28.9 Å². The maximum absolute atomic E-state index is 17.0. The van der Waals surface area contributed by atoms with E-state index in [0.29, 0.717) is 48.2 Å². The molecule has 8 nitrogen and oxygen atoms in total. The highest BCUT2D eigenvalue weighted by molar-refractivity contribution is 6.04. The summed E-state index contributed by atoms with van der Waals surface area (Å²) in [4.78, 5) is 13.5. The van der Waals surface area contributed by atoms with Gasteiger partial charge in [-0.05, 0) is 69.3 Å². The number of nitrogens with one attached hydrogen (secondary N) is 1. The summed E-state index contributed by atoms with van der Waals surface area (Å²) in [7, 11) is 1.69. The second-order valence-corrected chi connectivity index (χ2v) is 14.6. The van der Waals surface area contributed by atoms with E-state index in [0.717, 1.165) is 25.8 Å². The smallest absolute Gasteiger partial charge is 0.319 e. The van der Waals surface area contributed by atoms with Gasteiger partial charge in [0.2, 0.25) is 0 Å². The average molecular weight is 658 g/mol. The van der Waals surface area contributed by atoms with Crippen molar-refractivity contribution >= 4 is 27.5 Å². The number of aromatic hydroxyl groups is 1. The number of halogens is 3. The first-order valence-electron chi connectivity index (χ1n) is 16.5. The number of fused-ring (bicyclic) bond motifs is 5. The van der Waals surface area contributed by atoms with Crippen LogP contribution in [0.4, 0.5) is 19.0 Å². The first-order chi connectivity index (χ1) is 22.9. The number of anilines is 1. The van der Waals surface area contributed by atoms with Gasteiger partial charge in [-0.3, -0.25) is 4.90 Å². The van der Waals surface area contributed by atoms with Gasteiger partial charge in [0.15, 0.2) is 5.82 Å². The van der Waals surface area contributed by atoms with E-state index >= 15 is 8.78 Å². The number of nitrogens with zero attached hydrogens (tertiary/aromatic N) is 4. The van der Waals surface area contributed by atoms with Crippen molar-refractivity contribution in [1.82, 2.24) is 20.2 Å². The highest BCUT2D eigenvalue weighted by Crippen LogP contribution is 2.45. The van der Waals surface area contributed by atoms with Crippen molar-refractivity contribution in [3.63, 3.8) is 0 Å². The third-order valence-corrected chi connectivity index (χ3v) is 11.0. The molecular formula is C37H38F3N5O3. The molecule has 0 aliphatic carbocycles. The van der Waals surface area contributed by atoms with Crippen LogP contribution >= 0.6 is 0 Å². The summed E-state index contributed by atoms with van der Waals surface area (Å²) >= 11 is 0. The molecule has 5 heterocycles. The molecule has 2 bridgehead atoms. The van der Waals surface area contributed by atoms with Crippen LogP contribution in [0.15, 0.2) is 36.4 Å². The predicted molar refractivity (Wildman–Crippen MR) is 178 cm³/mol. The molecule has 1 unspecified atom stereocenters. The number of hydrogen-bond acceptors (Lipinski definition) is 8. The SMILES string of the molecule is C#Cc1cccc2cc(O)cc(-c3c(F)cc4c(N5C[C@@]6(C)CC(OC)[C@@](C)(C5)N6)nc(OC[C@@]56CCCN5C[C@H](F)C6)nc4c3F)c12. The van der Waals surface area contributed by atoms with Crippen molar-refractivity contribution in [2.24, 2.45) is 0 Å². The van der Waals surface area contributed by atoms with Crippen molar-refractivity contribution in [1.29, 1.82) is 0 Å². The maximum Gasteiger partial charge on any atom is 0.319 e. The molecule has 4 fully saturated rings. The van der Waals surface area contributed by atoms with Gasteiger partial charge in [0.1, 0.15) is 35.7 Å². The Morgan fingerprint density at radius 1 is 1.15 bits per heavy atom. The fourth-order valence-corrected chi connectivity index (χ4v) is 9.16. The summed E-state index contributed by atoms with van der Waals surface area (Å²) in [5.74, 6) is 1.02. The van der Waals surface area contributed by atoms with Crippen molar-refractivity contribution in [3.05, 3.63) is 53.6 Å². The van der Waals surface area contributed by atoms with E-state index in [-0.39, 0.29) is 52.0 Å². The Hall–Kier alpha value is -4.11. The summed E-state index contributed by atoms with van der Waals surface area (Å²) in [6.45, 7) is 6.45. The van der Waals surface area contributed by atoms with E-state index in [1.165, 1.54) is 18.2 Å². The lowest BCUT2D eigenvalue weighted by Crippen LogP contribution is -2.65. The normalized spacial score (nSPS) is 29.9. The fraction of sp³-hybridized carbons (Fsp3) is 0.459. The predicted octanol–water partition coefficient (Wildman–Crippen LogP) is 5.72. The lowest BCUT2D eigenvalue weighted by Gasteiger charge is -2.45. The van der Waals surface area contributed by atoms with Crippen LogP contribution in [0.1, 0.15) is 45.1 Å². The zero-order chi connectivity index (χ0) is 33.6. The Labute approximate surface area is 277 Å². The number of alkyl halides is 1. The van der Waals surface area contributed by atoms with Gasteiger partial charge in [-0.1, -0.05) is 18.1 Å². The summed E-state index contributed by atoms with van der Waals surface area (Å²) < 4.78 is 60.2. The quantitative estimate of drug-likeness (QED) is 0.255. The van der Waals surface area contributed by atoms with Crippen molar-refractivity contribution in [3.8, 4) is 35.2 Å². The van der Waals surface area contributed by atoms with Crippen LogP contribution in [0, 0.1) is 24.0 Å². The minimum Gasteiger partial charge on any atom is -0.508 e. The second kappa shape index (κ2) is 11.0. The first-order valence-corrected chi connectivity index (χ1v) is 16.5. The van der Waals surface area contributed by atoms with Gasteiger partial charge in [0.25, 0.3) is 0 Å². The molecule has 8 rings (SSSR count). The Kier molecular flexibility index (Phi) is 7.11. The van der Waals surface area contributed by atoms with E-state index in [4.69, 9.17) is 20.9 Å². The van der Waals surface area contributed by atoms with Crippen molar-refractivity contribution < 1.29 is 27.8 Å². The number of ether oxygens (including phenoxy) is 2. The van der Waals surface area contributed by atoms with Gasteiger partial charge >= 0.3 is 6.01 Å². The van der Waals surface area contributed by atoms with Crippen LogP contribution < -0.4 is 15.0 Å². The number of aromatic nitrogens is 2. The van der Waals surface area contributed by atoms with Crippen LogP contribution in [0.5, 0.6) is 11.8 Å². The average Bonchev–Trinajstić information content (AvgIpc) is 3.63. The number of benzene rings is 3. The number of methoxy groups -OCH3 is 1. The van der Waals surface area contributed by atoms with Gasteiger partial charge in [0.05, 0.1) is 22.7 Å². The number of piperazine rings is 1. The van der Waals surface area contributed by atoms with Gasteiger partial charge in [-0.25, -0.2) is 13.2 Å². The number of rotatable bonds is 6.